The summed E-state index contributed by atoms with van der Waals surface area (Å²) in [6.45, 7) is 3.27. The van der Waals surface area contributed by atoms with Crippen molar-refractivity contribution in [2.45, 2.75) is 12.5 Å². The molecule has 0 saturated carbocycles. The second-order valence-electron chi connectivity index (χ2n) is 2.74. The molecule has 0 aromatic carbocycles. The molecule has 5 nitrogen and oxygen atoms in total. The van der Waals surface area contributed by atoms with Gasteiger partial charge in [-0.15, -0.1) is 0 Å². The van der Waals surface area contributed by atoms with Gasteiger partial charge in [-0.2, -0.15) is 0 Å². The van der Waals surface area contributed by atoms with E-state index in [4.69, 9.17) is 5.84 Å². The van der Waals surface area contributed by atoms with Crippen molar-refractivity contribution in [1.29, 1.82) is 0 Å². The predicted molar refractivity (Wildman–Crippen MR) is 49.1 cm³/mol. The summed E-state index contributed by atoms with van der Waals surface area (Å²) in [5.74, 6) is 5.23. The molecule has 0 saturated heterocycles. The minimum absolute atomic E-state index is 0.100. The van der Waals surface area contributed by atoms with Crippen LogP contribution >= 0.6 is 0 Å². The Morgan fingerprint density at radius 1 is 1.92 bits per heavy atom. The first kappa shape index (κ1) is 9.63. The Morgan fingerprint density at radius 2 is 2.54 bits per heavy atom. The van der Waals surface area contributed by atoms with E-state index < -0.39 is 4.92 Å². The number of hydrogen-bond acceptors (Lipinski definition) is 4. The zero-order valence-corrected chi connectivity index (χ0v) is 7.06. The molecule has 70 valence electrons. The highest BCUT2D eigenvalue weighted by atomic mass is 16.6. The van der Waals surface area contributed by atoms with Crippen molar-refractivity contribution in [2.24, 2.45) is 5.84 Å². The van der Waals surface area contributed by atoms with Crippen molar-refractivity contribution in [3.8, 4) is 0 Å². The molecule has 0 bridgehead atoms. The van der Waals surface area contributed by atoms with Gasteiger partial charge in [0.15, 0.2) is 0 Å². The zero-order valence-electron chi connectivity index (χ0n) is 7.06. The SMILES string of the molecule is C=C(/C=C\C(NN)C1=CC1)[N+](=O)[O-]. The van der Waals surface area contributed by atoms with Crippen LogP contribution in [-0.2, 0) is 0 Å². The summed E-state index contributed by atoms with van der Waals surface area (Å²) in [5.41, 5.74) is 3.55. The third-order valence-corrected chi connectivity index (χ3v) is 1.73. The summed E-state index contributed by atoms with van der Waals surface area (Å²) < 4.78 is 0. The Balaban J connectivity index is 2.49. The van der Waals surface area contributed by atoms with E-state index in [0.717, 1.165) is 12.0 Å². The predicted octanol–water partition coefficient (Wildman–Crippen LogP) is 0.495. The molecule has 0 fully saturated rings. The van der Waals surface area contributed by atoms with Crippen LogP contribution in [0.3, 0.4) is 0 Å². The second kappa shape index (κ2) is 3.97. The lowest BCUT2D eigenvalue weighted by Crippen LogP contribution is -2.32. The van der Waals surface area contributed by atoms with E-state index in [2.05, 4.69) is 12.0 Å². The fraction of sp³-hybridized carbons (Fsp3) is 0.250. The number of nitrogens with one attached hydrogen (secondary N) is 1. The van der Waals surface area contributed by atoms with Crippen LogP contribution in [0.4, 0.5) is 0 Å². The van der Waals surface area contributed by atoms with Gasteiger partial charge in [0.2, 0.25) is 0 Å². The van der Waals surface area contributed by atoms with Gasteiger partial charge >= 0.3 is 0 Å². The molecule has 1 atom stereocenters. The Bertz CT molecular complexity index is 294. The maximum Gasteiger partial charge on any atom is 0.262 e. The topological polar surface area (TPSA) is 81.2 Å². The van der Waals surface area contributed by atoms with Crippen LogP contribution in [0.2, 0.25) is 0 Å². The van der Waals surface area contributed by atoms with Gasteiger partial charge in [-0.3, -0.25) is 16.0 Å². The number of nitrogens with zero attached hydrogens (tertiary/aromatic N) is 1. The van der Waals surface area contributed by atoms with Crippen LogP contribution in [-0.4, -0.2) is 11.0 Å². The largest absolute Gasteiger partial charge is 0.271 e. The standard InChI is InChI=1S/C8H11N3O2/c1-6(11(12)13)2-5-8(10-9)7-3-4-7/h2-3,5,8,10H,1,4,9H2/b5-2-. The van der Waals surface area contributed by atoms with Gasteiger partial charge in [0, 0.05) is 6.08 Å². The third-order valence-electron chi connectivity index (χ3n) is 1.73. The summed E-state index contributed by atoms with van der Waals surface area (Å²) in [6.07, 6.45) is 5.90. The molecule has 1 rings (SSSR count). The molecule has 13 heavy (non-hydrogen) atoms. The number of hydrogen-bond donors (Lipinski definition) is 2. The molecule has 0 aliphatic heterocycles. The Hall–Kier alpha value is -1.46. The van der Waals surface area contributed by atoms with Crippen molar-refractivity contribution < 1.29 is 4.92 Å². The van der Waals surface area contributed by atoms with E-state index in [9.17, 15) is 10.1 Å². The maximum absolute atomic E-state index is 10.2. The highest BCUT2D eigenvalue weighted by Gasteiger charge is 2.16. The van der Waals surface area contributed by atoms with E-state index in [1.54, 1.807) is 6.08 Å². The fourth-order valence-electron chi connectivity index (χ4n) is 0.867. The van der Waals surface area contributed by atoms with Crippen LogP contribution in [0.15, 0.2) is 36.1 Å². The summed E-state index contributed by atoms with van der Waals surface area (Å²) in [4.78, 5) is 9.64. The first-order chi connectivity index (χ1) is 6.15. The van der Waals surface area contributed by atoms with E-state index in [0.29, 0.717) is 0 Å². The summed E-state index contributed by atoms with van der Waals surface area (Å²) in [5, 5.41) is 10.2. The van der Waals surface area contributed by atoms with Crippen LogP contribution in [0, 0.1) is 10.1 Å². The number of rotatable bonds is 5. The van der Waals surface area contributed by atoms with Crippen LogP contribution in [0.5, 0.6) is 0 Å². The highest BCUT2D eigenvalue weighted by Crippen LogP contribution is 2.22. The monoisotopic (exact) mass is 181 g/mol. The molecule has 0 heterocycles. The minimum Gasteiger partial charge on any atom is -0.271 e. The van der Waals surface area contributed by atoms with Crippen molar-refractivity contribution in [3.63, 3.8) is 0 Å². The van der Waals surface area contributed by atoms with Gasteiger partial charge < -0.3 is 0 Å². The molecule has 1 aliphatic rings. The van der Waals surface area contributed by atoms with Crippen molar-refractivity contribution in [2.75, 3.05) is 0 Å². The summed E-state index contributed by atoms with van der Waals surface area (Å²) in [7, 11) is 0. The second-order valence-corrected chi connectivity index (χ2v) is 2.74. The molecular weight excluding hydrogens is 170 g/mol. The first-order valence-corrected chi connectivity index (χ1v) is 3.81. The number of nitro groups is 1. The molecule has 1 aliphatic carbocycles. The van der Waals surface area contributed by atoms with Crippen molar-refractivity contribution in [3.05, 3.63) is 46.2 Å². The van der Waals surface area contributed by atoms with Crippen molar-refractivity contribution in [1.82, 2.24) is 5.43 Å². The Labute approximate surface area is 75.7 Å². The molecule has 0 aromatic heterocycles. The van der Waals surface area contributed by atoms with Gasteiger partial charge in [-0.05, 0) is 18.6 Å². The van der Waals surface area contributed by atoms with E-state index in [1.165, 1.54) is 6.08 Å². The van der Waals surface area contributed by atoms with E-state index in [-0.39, 0.29) is 11.7 Å². The van der Waals surface area contributed by atoms with Gasteiger partial charge in [-0.25, -0.2) is 5.43 Å². The smallest absolute Gasteiger partial charge is 0.262 e. The first-order valence-electron chi connectivity index (χ1n) is 3.81. The van der Waals surface area contributed by atoms with Gasteiger partial charge in [-0.1, -0.05) is 12.2 Å². The third kappa shape index (κ3) is 2.81. The molecule has 1 unspecified atom stereocenters. The van der Waals surface area contributed by atoms with Gasteiger partial charge in [0.25, 0.3) is 5.70 Å². The molecule has 0 aromatic rings. The number of hydrazine groups is 1. The molecule has 0 spiro atoms. The molecule has 0 amide bonds. The number of nitrogens with two attached hydrogens (primary N) is 1. The minimum atomic E-state index is -0.536. The Kier molecular flexibility index (Phi) is 2.94. The maximum atomic E-state index is 10.2. The molecule has 0 radical (unpaired) electrons. The van der Waals surface area contributed by atoms with Crippen LogP contribution in [0.1, 0.15) is 6.42 Å². The summed E-state index contributed by atoms with van der Waals surface area (Å²) >= 11 is 0. The Morgan fingerprint density at radius 3 is 2.92 bits per heavy atom. The summed E-state index contributed by atoms with van der Waals surface area (Å²) in [6, 6.07) is -0.100. The molecular formula is C8H11N3O2. The van der Waals surface area contributed by atoms with Gasteiger partial charge in [0.05, 0.1) is 11.0 Å². The average Bonchev–Trinajstić information content (AvgIpc) is 2.88. The lowest BCUT2D eigenvalue weighted by atomic mass is 10.2. The van der Waals surface area contributed by atoms with E-state index >= 15 is 0 Å². The lowest BCUT2D eigenvalue weighted by Gasteiger charge is -2.05. The molecule has 3 N–H and O–H groups in total. The fourth-order valence-corrected chi connectivity index (χ4v) is 0.867. The average molecular weight is 181 g/mol. The normalized spacial score (nSPS) is 16.8. The lowest BCUT2D eigenvalue weighted by molar-refractivity contribution is -0.418. The zero-order chi connectivity index (χ0) is 9.84. The van der Waals surface area contributed by atoms with E-state index in [1.807, 2.05) is 6.08 Å². The van der Waals surface area contributed by atoms with Crippen molar-refractivity contribution >= 4 is 0 Å². The number of allylic oxidation sites excluding steroid dienone is 2. The quantitative estimate of drug-likeness (QED) is 0.213. The van der Waals surface area contributed by atoms with Gasteiger partial charge in [0.1, 0.15) is 0 Å². The van der Waals surface area contributed by atoms with Crippen LogP contribution < -0.4 is 11.3 Å². The highest BCUT2D eigenvalue weighted by molar-refractivity contribution is 5.32. The van der Waals surface area contributed by atoms with Crippen LogP contribution in [0.25, 0.3) is 0 Å². The molecule has 5 heteroatoms.